The van der Waals surface area contributed by atoms with Crippen LogP contribution in [-0.2, 0) is 4.79 Å². The number of ether oxygens (including phenoxy) is 1. The SMILES string of the molecule is C=CC(=O)N1CC[C@@H](n2nc(-c3ccc(Oc4ccnc(C(=O)NC)c4)cc3F)c3c(N)ncnc32)C1. The maximum atomic E-state index is 15.4. The molecule has 188 valence electrons. The van der Waals surface area contributed by atoms with E-state index >= 15 is 4.39 Å². The molecule has 0 aliphatic carbocycles. The van der Waals surface area contributed by atoms with Crippen LogP contribution >= 0.6 is 0 Å². The zero-order chi connectivity index (χ0) is 26.1. The number of nitrogen functional groups attached to an aromatic ring is 1. The monoisotopic (exact) mass is 502 g/mol. The Bertz CT molecular complexity index is 1540. The fourth-order valence-corrected chi connectivity index (χ4v) is 4.32. The van der Waals surface area contributed by atoms with E-state index in [2.05, 4.69) is 31.9 Å². The van der Waals surface area contributed by atoms with Crippen molar-refractivity contribution in [3.8, 4) is 22.8 Å². The molecule has 4 aromatic rings. The Labute approximate surface area is 210 Å². The number of carbonyl (C=O) groups is 2. The van der Waals surface area contributed by atoms with Gasteiger partial charge in [-0.3, -0.25) is 14.6 Å². The Morgan fingerprint density at radius 3 is 2.78 bits per heavy atom. The van der Waals surface area contributed by atoms with Gasteiger partial charge in [0.1, 0.15) is 40.8 Å². The van der Waals surface area contributed by atoms with Gasteiger partial charge in [-0.15, -0.1) is 0 Å². The number of nitrogens with two attached hydrogens (primary N) is 1. The summed E-state index contributed by atoms with van der Waals surface area (Å²) < 4.78 is 22.8. The molecule has 0 saturated carbocycles. The van der Waals surface area contributed by atoms with Gasteiger partial charge in [0.25, 0.3) is 5.91 Å². The molecule has 11 nitrogen and oxygen atoms in total. The van der Waals surface area contributed by atoms with Gasteiger partial charge < -0.3 is 20.7 Å². The molecule has 4 heterocycles. The Kier molecular flexibility index (Phi) is 6.22. The van der Waals surface area contributed by atoms with E-state index in [4.69, 9.17) is 10.5 Å². The van der Waals surface area contributed by atoms with E-state index < -0.39 is 5.82 Å². The fraction of sp³-hybridized carbons (Fsp3) is 0.200. The molecule has 12 heteroatoms. The number of aromatic nitrogens is 5. The summed E-state index contributed by atoms with van der Waals surface area (Å²) in [5.74, 6) is -0.407. The summed E-state index contributed by atoms with van der Waals surface area (Å²) in [4.78, 5) is 38.0. The summed E-state index contributed by atoms with van der Waals surface area (Å²) in [6.45, 7) is 4.51. The lowest BCUT2D eigenvalue weighted by Gasteiger charge is -2.14. The number of amides is 2. The smallest absolute Gasteiger partial charge is 0.269 e. The molecule has 1 fully saturated rings. The number of fused-ring (bicyclic) bond motifs is 1. The van der Waals surface area contributed by atoms with Crippen molar-refractivity contribution in [2.75, 3.05) is 25.9 Å². The number of hydrogen-bond donors (Lipinski definition) is 2. The second kappa shape index (κ2) is 9.64. The molecule has 0 radical (unpaired) electrons. The maximum absolute atomic E-state index is 15.4. The number of nitrogens with zero attached hydrogens (tertiary/aromatic N) is 6. The van der Waals surface area contributed by atoms with Crippen LogP contribution in [0, 0.1) is 5.82 Å². The summed E-state index contributed by atoms with van der Waals surface area (Å²) in [6.07, 6.45) is 4.69. The molecule has 2 amide bonds. The number of rotatable bonds is 6. The Balaban J connectivity index is 1.49. The number of carbonyl (C=O) groups excluding carboxylic acids is 2. The third kappa shape index (κ3) is 4.44. The van der Waals surface area contributed by atoms with Crippen LogP contribution in [0.25, 0.3) is 22.3 Å². The molecule has 0 bridgehead atoms. The summed E-state index contributed by atoms with van der Waals surface area (Å²) in [6, 6.07) is 7.20. The lowest BCUT2D eigenvalue weighted by molar-refractivity contribution is -0.125. The van der Waals surface area contributed by atoms with Gasteiger partial charge in [-0.25, -0.2) is 19.0 Å². The minimum Gasteiger partial charge on any atom is -0.457 e. The van der Waals surface area contributed by atoms with E-state index in [1.807, 2.05) is 0 Å². The summed E-state index contributed by atoms with van der Waals surface area (Å²) in [7, 11) is 1.50. The van der Waals surface area contributed by atoms with Crippen LogP contribution < -0.4 is 15.8 Å². The first-order chi connectivity index (χ1) is 17.9. The van der Waals surface area contributed by atoms with Gasteiger partial charge in [-0.2, -0.15) is 5.10 Å². The van der Waals surface area contributed by atoms with Crippen LogP contribution in [0.2, 0.25) is 0 Å². The van der Waals surface area contributed by atoms with Gasteiger partial charge in [-0.05, 0) is 30.7 Å². The van der Waals surface area contributed by atoms with Gasteiger partial charge >= 0.3 is 0 Å². The van der Waals surface area contributed by atoms with E-state index in [0.717, 1.165) is 0 Å². The van der Waals surface area contributed by atoms with Gasteiger partial charge in [0.15, 0.2) is 5.65 Å². The molecular formula is C25H23FN8O3. The van der Waals surface area contributed by atoms with Gasteiger partial charge in [-0.1, -0.05) is 6.58 Å². The molecule has 1 saturated heterocycles. The normalized spacial score (nSPS) is 15.1. The summed E-state index contributed by atoms with van der Waals surface area (Å²) in [5, 5.41) is 7.59. The average Bonchev–Trinajstić information content (AvgIpc) is 3.54. The Hall–Kier alpha value is -4.87. The molecule has 5 rings (SSSR count). The Morgan fingerprint density at radius 1 is 1.22 bits per heavy atom. The average molecular weight is 503 g/mol. The standard InChI is InChI=1S/C25H23FN8O3/c1-3-20(35)33-9-7-14(12-33)34-24-21(23(27)30-13-31-24)22(32-34)17-5-4-15(10-18(17)26)37-16-6-8-29-19(11-16)25(36)28-2/h3-6,8,10-11,13-14H,1,7,9,12H2,2H3,(H,28,36)(H2,27,30,31)/t14-/m1/s1. The number of nitrogens with one attached hydrogen (secondary N) is 1. The van der Waals surface area contributed by atoms with E-state index in [9.17, 15) is 9.59 Å². The highest BCUT2D eigenvalue weighted by Crippen LogP contribution is 2.36. The lowest BCUT2D eigenvalue weighted by Crippen LogP contribution is -2.27. The zero-order valence-corrected chi connectivity index (χ0v) is 19.9. The largest absolute Gasteiger partial charge is 0.457 e. The molecule has 0 unspecified atom stereocenters. The van der Waals surface area contributed by atoms with Gasteiger partial charge in [0.2, 0.25) is 5.91 Å². The second-order valence-corrected chi connectivity index (χ2v) is 8.38. The molecule has 3 aromatic heterocycles. The maximum Gasteiger partial charge on any atom is 0.269 e. The molecule has 1 aliphatic heterocycles. The topological polar surface area (TPSA) is 141 Å². The summed E-state index contributed by atoms with van der Waals surface area (Å²) in [5.41, 5.74) is 7.27. The number of benzene rings is 1. The van der Waals surface area contributed by atoms with E-state index in [0.29, 0.717) is 36.3 Å². The molecule has 0 spiro atoms. The number of likely N-dealkylation sites (tertiary alicyclic amines) is 1. The van der Waals surface area contributed by atoms with Gasteiger partial charge in [0.05, 0.1) is 11.4 Å². The first-order valence-corrected chi connectivity index (χ1v) is 11.5. The number of anilines is 1. The van der Waals surface area contributed by atoms with Crippen molar-refractivity contribution >= 4 is 28.7 Å². The number of halogens is 1. The van der Waals surface area contributed by atoms with Crippen molar-refractivity contribution in [3.05, 3.63) is 67.0 Å². The molecule has 1 atom stereocenters. The quantitative estimate of drug-likeness (QED) is 0.384. The fourth-order valence-electron chi connectivity index (χ4n) is 4.32. The van der Waals surface area contributed by atoms with E-state index in [1.54, 1.807) is 21.7 Å². The van der Waals surface area contributed by atoms with Crippen molar-refractivity contribution in [1.29, 1.82) is 0 Å². The molecular weight excluding hydrogens is 479 g/mol. The molecule has 37 heavy (non-hydrogen) atoms. The molecule has 1 aliphatic rings. The van der Waals surface area contributed by atoms with Crippen molar-refractivity contribution < 1.29 is 18.7 Å². The van der Waals surface area contributed by atoms with E-state index in [-0.39, 0.29) is 46.4 Å². The zero-order valence-electron chi connectivity index (χ0n) is 19.9. The van der Waals surface area contributed by atoms with Gasteiger partial charge in [0, 0.05) is 44.0 Å². The van der Waals surface area contributed by atoms with Crippen molar-refractivity contribution in [2.45, 2.75) is 12.5 Å². The van der Waals surface area contributed by atoms with Crippen LogP contribution in [-0.4, -0.2) is 61.6 Å². The Morgan fingerprint density at radius 2 is 2.03 bits per heavy atom. The van der Waals surface area contributed by atoms with Crippen LogP contribution in [0.1, 0.15) is 23.0 Å². The first-order valence-electron chi connectivity index (χ1n) is 11.5. The third-order valence-corrected chi connectivity index (χ3v) is 6.14. The van der Waals surface area contributed by atoms with E-state index in [1.165, 1.54) is 43.8 Å². The minimum atomic E-state index is -0.595. The predicted molar refractivity (Wildman–Crippen MR) is 133 cm³/mol. The number of pyridine rings is 1. The lowest BCUT2D eigenvalue weighted by atomic mass is 10.1. The molecule has 3 N–H and O–H groups in total. The van der Waals surface area contributed by atoms with Crippen LogP contribution in [0.3, 0.4) is 0 Å². The van der Waals surface area contributed by atoms with Crippen molar-refractivity contribution in [3.63, 3.8) is 0 Å². The predicted octanol–water partition coefficient (Wildman–Crippen LogP) is 2.72. The second-order valence-electron chi connectivity index (χ2n) is 8.38. The minimum absolute atomic E-state index is 0.161. The highest BCUT2D eigenvalue weighted by molar-refractivity contribution is 5.98. The van der Waals surface area contributed by atoms with Crippen LogP contribution in [0.4, 0.5) is 10.2 Å². The first kappa shape index (κ1) is 23.9. The van der Waals surface area contributed by atoms with Crippen LogP contribution in [0.5, 0.6) is 11.5 Å². The van der Waals surface area contributed by atoms with Crippen LogP contribution in [0.15, 0.2) is 55.5 Å². The highest BCUT2D eigenvalue weighted by Gasteiger charge is 2.30. The van der Waals surface area contributed by atoms with Crippen molar-refractivity contribution in [2.24, 2.45) is 0 Å². The molecule has 1 aromatic carbocycles. The summed E-state index contributed by atoms with van der Waals surface area (Å²) >= 11 is 0. The number of hydrogen-bond acceptors (Lipinski definition) is 8. The third-order valence-electron chi connectivity index (χ3n) is 6.14. The highest BCUT2D eigenvalue weighted by atomic mass is 19.1. The van der Waals surface area contributed by atoms with Crippen molar-refractivity contribution in [1.82, 2.24) is 34.9 Å².